The molecule has 3 aromatic rings. The predicted molar refractivity (Wildman–Crippen MR) is 134 cm³/mol. The number of amides is 2. The Hall–Kier alpha value is -3.66. The number of piperidine rings is 1. The third-order valence-corrected chi connectivity index (χ3v) is 7.77. The van der Waals surface area contributed by atoms with Crippen molar-refractivity contribution in [3.63, 3.8) is 0 Å². The van der Waals surface area contributed by atoms with E-state index < -0.39 is 35.0 Å². The maximum atomic E-state index is 14.2. The molecule has 2 atom stereocenters. The van der Waals surface area contributed by atoms with Crippen molar-refractivity contribution < 1.29 is 22.9 Å². The van der Waals surface area contributed by atoms with Crippen molar-refractivity contribution in [2.45, 2.75) is 43.7 Å². The van der Waals surface area contributed by atoms with E-state index in [9.17, 15) is 18.4 Å². The Morgan fingerprint density at radius 3 is 2.66 bits per heavy atom. The highest BCUT2D eigenvalue weighted by atomic mass is 19.1. The minimum absolute atomic E-state index is 0.0316. The molecule has 2 aliphatic carbocycles. The molecule has 1 saturated heterocycles. The molecule has 0 unspecified atom stereocenters. The van der Waals surface area contributed by atoms with Crippen LogP contribution in [0.1, 0.15) is 48.4 Å². The smallest absolute Gasteiger partial charge is 0.290 e. The summed E-state index contributed by atoms with van der Waals surface area (Å²) >= 11 is 0. The lowest BCUT2D eigenvalue weighted by molar-refractivity contribution is -0.128. The van der Waals surface area contributed by atoms with Gasteiger partial charge >= 0.3 is 0 Å². The van der Waals surface area contributed by atoms with Crippen LogP contribution in [0.4, 0.5) is 8.78 Å². The lowest BCUT2D eigenvalue weighted by atomic mass is 9.90. The number of aromatic nitrogens is 2. The average molecular weight is 522 g/mol. The van der Waals surface area contributed by atoms with Crippen molar-refractivity contribution in [2.75, 3.05) is 19.6 Å². The van der Waals surface area contributed by atoms with E-state index in [2.05, 4.69) is 25.7 Å². The van der Waals surface area contributed by atoms with Crippen molar-refractivity contribution in [3.8, 4) is 11.3 Å². The fourth-order valence-corrected chi connectivity index (χ4v) is 5.28. The summed E-state index contributed by atoms with van der Waals surface area (Å²) in [7, 11) is 0. The van der Waals surface area contributed by atoms with Crippen LogP contribution >= 0.6 is 0 Å². The van der Waals surface area contributed by atoms with Gasteiger partial charge in [-0.05, 0) is 62.3 Å². The highest BCUT2D eigenvalue weighted by molar-refractivity contribution is 5.93. The number of rotatable bonds is 8. The molecule has 1 aliphatic heterocycles. The van der Waals surface area contributed by atoms with E-state index in [4.69, 9.17) is 4.52 Å². The zero-order valence-corrected chi connectivity index (χ0v) is 20.8. The van der Waals surface area contributed by atoms with Crippen LogP contribution in [0.15, 0.2) is 53.2 Å². The van der Waals surface area contributed by atoms with Crippen molar-refractivity contribution >= 4 is 11.8 Å². The number of benzene rings is 1. The number of nitrogens with zero attached hydrogens (tertiary/aromatic N) is 3. The van der Waals surface area contributed by atoms with Gasteiger partial charge in [0.05, 0.1) is 17.2 Å². The number of hydrogen-bond acceptors (Lipinski definition) is 6. The molecule has 38 heavy (non-hydrogen) atoms. The molecule has 0 spiro atoms. The molecule has 0 bridgehead atoms. The maximum Gasteiger partial charge on any atom is 0.290 e. The molecule has 3 aliphatic rings. The summed E-state index contributed by atoms with van der Waals surface area (Å²) in [5.74, 6) is -2.01. The third kappa shape index (κ3) is 5.18. The molecule has 2 aromatic heterocycles. The topological polar surface area (TPSA) is 100 Å². The average Bonchev–Trinajstić information content (AvgIpc) is 3.84. The van der Waals surface area contributed by atoms with Gasteiger partial charge in [-0.15, -0.1) is 0 Å². The summed E-state index contributed by atoms with van der Waals surface area (Å²) < 4.78 is 32.6. The molecular formula is C28H29F2N5O3. The van der Waals surface area contributed by atoms with Crippen molar-refractivity contribution in [3.05, 3.63) is 71.8 Å². The lowest BCUT2D eigenvalue weighted by Gasteiger charge is -2.38. The monoisotopic (exact) mass is 521 g/mol. The summed E-state index contributed by atoms with van der Waals surface area (Å²) in [5, 5.41) is 9.99. The number of carbonyl (C=O) groups is 2. The van der Waals surface area contributed by atoms with E-state index in [1.165, 1.54) is 25.0 Å². The molecule has 198 valence electrons. The van der Waals surface area contributed by atoms with Crippen LogP contribution in [-0.4, -0.2) is 52.5 Å². The molecule has 3 fully saturated rings. The Morgan fingerprint density at radius 1 is 1.11 bits per heavy atom. The molecule has 10 heteroatoms. The van der Waals surface area contributed by atoms with E-state index in [0.29, 0.717) is 18.9 Å². The first-order valence-corrected chi connectivity index (χ1v) is 13.1. The Morgan fingerprint density at radius 2 is 1.95 bits per heavy atom. The number of carbonyl (C=O) groups excluding carboxylic acids is 2. The fourth-order valence-electron chi connectivity index (χ4n) is 5.28. The van der Waals surface area contributed by atoms with Crippen LogP contribution in [0.3, 0.4) is 0 Å². The highest BCUT2D eigenvalue weighted by Crippen LogP contribution is 2.45. The van der Waals surface area contributed by atoms with Gasteiger partial charge < -0.3 is 20.1 Å². The van der Waals surface area contributed by atoms with Crippen LogP contribution in [0.25, 0.3) is 11.3 Å². The molecule has 2 N–H and O–H groups in total. The molecule has 8 nitrogen and oxygen atoms in total. The van der Waals surface area contributed by atoms with E-state index >= 15 is 0 Å². The van der Waals surface area contributed by atoms with Crippen LogP contribution in [0.2, 0.25) is 0 Å². The molecule has 6 rings (SSSR count). The van der Waals surface area contributed by atoms with Gasteiger partial charge in [0.2, 0.25) is 11.7 Å². The number of pyridine rings is 1. The van der Waals surface area contributed by atoms with Crippen LogP contribution in [0.5, 0.6) is 0 Å². The van der Waals surface area contributed by atoms with E-state index in [-0.39, 0.29) is 22.9 Å². The second kappa shape index (κ2) is 9.90. The van der Waals surface area contributed by atoms with Crippen molar-refractivity contribution in [1.82, 2.24) is 25.7 Å². The molecule has 0 radical (unpaired) electrons. The molecule has 2 amide bonds. The first kappa shape index (κ1) is 24.7. The molecule has 3 heterocycles. The first-order valence-electron chi connectivity index (χ1n) is 13.1. The summed E-state index contributed by atoms with van der Waals surface area (Å²) in [6, 6.07) is 9.72. The lowest BCUT2D eigenvalue weighted by Crippen LogP contribution is -2.57. The minimum atomic E-state index is -0.799. The third-order valence-electron chi connectivity index (χ3n) is 7.77. The number of halogens is 2. The van der Waals surface area contributed by atoms with Gasteiger partial charge in [-0.2, -0.15) is 0 Å². The summed E-state index contributed by atoms with van der Waals surface area (Å²) in [6.45, 7) is 2.29. The molecular weight excluding hydrogens is 492 g/mol. The quantitative estimate of drug-likeness (QED) is 0.470. The SMILES string of the molecule is O=C(N[C@H]1CCN(CC2CC2)C[C@@H]1C(=O)NC1(c2ccccn2)CC1)c1cc(-c2ccc(F)cc2F)no1. The zero-order valence-electron chi connectivity index (χ0n) is 20.8. The van der Waals surface area contributed by atoms with Gasteiger partial charge in [-0.1, -0.05) is 11.2 Å². The standard InChI is InChI=1S/C28H29F2N5O3/c29-18-6-7-19(21(30)13-18)23-14-24(38-34-23)27(37)32-22-8-12-35(15-17-4-5-17)16-20(22)26(36)33-28(9-10-28)25-3-1-2-11-31-25/h1-3,6-7,11,13-14,17,20,22H,4-5,8-10,12,15-16H2,(H,32,37)(H,33,36)/t20-,22-/m0/s1. The second-order valence-corrected chi connectivity index (χ2v) is 10.7. The molecule has 1 aromatic carbocycles. The Balaban J connectivity index is 1.17. The fraction of sp³-hybridized carbons (Fsp3) is 0.429. The van der Waals surface area contributed by atoms with Crippen LogP contribution in [0, 0.1) is 23.5 Å². The summed E-state index contributed by atoms with van der Waals surface area (Å²) in [6.07, 6.45) is 6.43. The zero-order chi connectivity index (χ0) is 26.3. The maximum absolute atomic E-state index is 14.2. The normalized spacial score (nSPS) is 22.6. The highest BCUT2D eigenvalue weighted by Gasteiger charge is 2.49. The number of hydrogen-bond donors (Lipinski definition) is 2. The van der Waals surface area contributed by atoms with Gasteiger partial charge in [-0.3, -0.25) is 14.6 Å². The summed E-state index contributed by atoms with van der Waals surface area (Å²) in [5.41, 5.74) is 0.517. The largest absolute Gasteiger partial charge is 0.350 e. The summed E-state index contributed by atoms with van der Waals surface area (Å²) in [4.78, 5) is 33.5. The number of nitrogens with one attached hydrogen (secondary N) is 2. The van der Waals surface area contributed by atoms with Gasteiger partial charge in [0, 0.05) is 49.6 Å². The number of likely N-dealkylation sites (tertiary alicyclic amines) is 1. The van der Waals surface area contributed by atoms with Gasteiger partial charge in [0.15, 0.2) is 0 Å². The first-order chi connectivity index (χ1) is 18.4. The Kier molecular flexibility index (Phi) is 6.43. The van der Waals surface area contributed by atoms with Crippen molar-refractivity contribution in [1.29, 1.82) is 0 Å². The Bertz CT molecular complexity index is 1340. The van der Waals surface area contributed by atoms with Crippen LogP contribution < -0.4 is 10.6 Å². The van der Waals surface area contributed by atoms with Crippen molar-refractivity contribution in [2.24, 2.45) is 11.8 Å². The van der Waals surface area contributed by atoms with Gasteiger partial charge in [0.25, 0.3) is 5.91 Å². The van der Waals surface area contributed by atoms with E-state index in [1.807, 2.05) is 18.2 Å². The minimum Gasteiger partial charge on any atom is -0.350 e. The van der Waals surface area contributed by atoms with Gasteiger partial charge in [-0.25, -0.2) is 8.78 Å². The predicted octanol–water partition coefficient (Wildman–Crippen LogP) is 3.65. The van der Waals surface area contributed by atoms with Crippen LogP contribution in [-0.2, 0) is 10.3 Å². The van der Waals surface area contributed by atoms with E-state index in [1.54, 1.807) is 6.20 Å². The molecule has 2 saturated carbocycles. The Labute approximate surface area is 218 Å². The van der Waals surface area contributed by atoms with E-state index in [0.717, 1.165) is 43.8 Å². The van der Waals surface area contributed by atoms with Gasteiger partial charge in [0.1, 0.15) is 17.3 Å². The second-order valence-electron chi connectivity index (χ2n) is 10.7.